The van der Waals surface area contributed by atoms with E-state index in [1.54, 1.807) is 30.3 Å². The standard InChI is InChI=1S/C13H11FN/c14-12-9-5-4-8-11(12)13(15)10-6-2-1-3-7-10/h1-2,4-9,13H,15H2. The van der Waals surface area contributed by atoms with Crippen molar-refractivity contribution in [1.29, 1.82) is 0 Å². The summed E-state index contributed by atoms with van der Waals surface area (Å²) < 4.78 is 13.4. The second kappa shape index (κ2) is 4.24. The molecule has 15 heavy (non-hydrogen) atoms. The SMILES string of the molecule is NC(c1c[c]ccc1)c1ccccc1F. The third kappa shape index (κ3) is 2.05. The van der Waals surface area contributed by atoms with E-state index in [4.69, 9.17) is 5.73 Å². The topological polar surface area (TPSA) is 26.0 Å². The van der Waals surface area contributed by atoms with E-state index in [0.717, 1.165) is 5.56 Å². The smallest absolute Gasteiger partial charge is 0.128 e. The number of benzene rings is 2. The maximum atomic E-state index is 13.4. The van der Waals surface area contributed by atoms with Crippen molar-refractivity contribution in [3.05, 3.63) is 71.5 Å². The van der Waals surface area contributed by atoms with Gasteiger partial charge in [-0.15, -0.1) is 0 Å². The molecule has 0 aliphatic carbocycles. The van der Waals surface area contributed by atoms with Crippen LogP contribution in [0, 0.1) is 11.9 Å². The fourth-order valence-electron chi connectivity index (χ4n) is 1.51. The van der Waals surface area contributed by atoms with Crippen LogP contribution < -0.4 is 5.73 Å². The van der Waals surface area contributed by atoms with Crippen molar-refractivity contribution in [2.75, 3.05) is 0 Å². The minimum atomic E-state index is -0.427. The Morgan fingerprint density at radius 3 is 2.60 bits per heavy atom. The Morgan fingerprint density at radius 2 is 1.93 bits per heavy atom. The van der Waals surface area contributed by atoms with Gasteiger partial charge < -0.3 is 5.73 Å². The molecule has 1 unspecified atom stereocenters. The van der Waals surface area contributed by atoms with E-state index >= 15 is 0 Å². The minimum Gasteiger partial charge on any atom is -0.320 e. The van der Waals surface area contributed by atoms with Crippen LogP contribution in [0.1, 0.15) is 17.2 Å². The molecule has 2 aromatic rings. The molecule has 0 amide bonds. The van der Waals surface area contributed by atoms with Gasteiger partial charge in [0.05, 0.1) is 6.04 Å². The Bertz CT molecular complexity index is 439. The molecule has 0 heterocycles. The highest BCUT2D eigenvalue weighted by Gasteiger charge is 2.11. The van der Waals surface area contributed by atoms with Crippen LogP contribution in [0.2, 0.25) is 0 Å². The number of halogens is 1. The van der Waals surface area contributed by atoms with Gasteiger partial charge in [0.15, 0.2) is 0 Å². The van der Waals surface area contributed by atoms with Crippen molar-refractivity contribution in [3.8, 4) is 0 Å². The highest BCUT2D eigenvalue weighted by atomic mass is 19.1. The Balaban J connectivity index is 2.37. The van der Waals surface area contributed by atoms with E-state index < -0.39 is 6.04 Å². The molecule has 0 aromatic heterocycles. The van der Waals surface area contributed by atoms with E-state index in [1.807, 2.05) is 12.1 Å². The van der Waals surface area contributed by atoms with Crippen molar-refractivity contribution >= 4 is 0 Å². The first-order chi connectivity index (χ1) is 7.29. The highest BCUT2D eigenvalue weighted by molar-refractivity contribution is 5.31. The molecule has 1 nitrogen and oxygen atoms in total. The van der Waals surface area contributed by atoms with Crippen LogP contribution >= 0.6 is 0 Å². The maximum absolute atomic E-state index is 13.4. The van der Waals surface area contributed by atoms with E-state index in [0.29, 0.717) is 5.56 Å². The molecule has 75 valence electrons. The summed E-state index contributed by atoms with van der Waals surface area (Å²) >= 11 is 0. The van der Waals surface area contributed by atoms with E-state index in [-0.39, 0.29) is 5.82 Å². The van der Waals surface area contributed by atoms with Crippen LogP contribution in [0.25, 0.3) is 0 Å². The van der Waals surface area contributed by atoms with Crippen molar-refractivity contribution in [3.63, 3.8) is 0 Å². The molecule has 1 radical (unpaired) electrons. The van der Waals surface area contributed by atoms with E-state index in [2.05, 4.69) is 6.07 Å². The van der Waals surface area contributed by atoms with Crippen LogP contribution in [0.3, 0.4) is 0 Å². The molecule has 0 saturated heterocycles. The van der Waals surface area contributed by atoms with Gasteiger partial charge in [-0.05, 0) is 23.8 Å². The van der Waals surface area contributed by atoms with Gasteiger partial charge in [0.2, 0.25) is 0 Å². The zero-order chi connectivity index (χ0) is 10.7. The van der Waals surface area contributed by atoms with Gasteiger partial charge in [-0.3, -0.25) is 0 Å². The van der Waals surface area contributed by atoms with Gasteiger partial charge in [0, 0.05) is 5.56 Å². The predicted octanol–water partition coefficient (Wildman–Crippen LogP) is 2.67. The zero-order valence-corrected chi connectivity index (χ0v) is 8.15. The largest absolute Gasteiger partial charge is 0.320 e. The van der Waals surface area contributed by atoms with Crippen molar-refractivity contribution < 1.29 is 4.39 Å². The lowest BCUT2D eigenvalue weighted by molar-refractivity contribution is 0.599. The fourth-order valence-corrected chi connectivity index (χ4v) is 1.51. The Labute approximate surface area is 88.4 Å². The van der Waals surface area contributed by atoms with Crippen LogP contribution in [-0.2, 0) is 0 Å². The van der Waals surface area contributed by atoms with Crippen molar-refractivity contribution in [2.45, 2.75) is 6.04 Å². The molecule has 2 N–H and O–H groups in total. The first kappa shape index (κ1) is 9.87. The zero-order valence-electron chi connectivity index (χ0n) is 8.15. The second-order valence-electron chi connectivity index (χ2n) is 3.34. The van der Waals surface area contributed by atoms with Gasteiger partial charge >= 0.3 is 0 Å². The molecule has 0 bridgehead atoms. The van der Waals surface area contributed by atoms with Gasteiger partial charge in [0.25, 0.3) is 0 Å². The monoisotopic (exact) mass is 200 g/mol. The maximum Gasteiger partial charge on any atom is 0.128 e. The molecule has 0 fully saturated rings. The van der Waals surface area contributed by atoms with Crippen molar-refractivity contribution in [2.24, 2.45) is 5.73 Å². The van der Waals surface area contributed by atoms with Crippen LogP contribution in [0.15, 0.2) is 48.5 Å². The molecule has 2 rings (SSSR count). The van der Waals surface area contributed by atoms with Crippen LogP contribution in [-0.4, -0.2) is 0 Å². The van der Waals surface area contributed by atoms with Crippen LogP contribution in [0.4, 0.5) is 4.39 Å². The summed E-state index contributed by atoms with van der Waals surface area (Å²) in [5.74, 6) is -0.270. The quantitative estimate of drug-likeness (QED) is 0.792. The molecule has 1 atom stereocenters. The average molecular weight is 200 g/mol. The lowest BCUT2D eigenvalue weighted by atomic mass is 9.99. The van der Waals surface area contributed by atoms with Gasteiger partial charge in [-0.1, -0.05) is 36.4 Å². The summed E-state index contributed by atoms with van der Waals surface area (Å²) in [5, 5.41) is 0. The molecule has 0 spiro atoms. The third-order valence-electron chi connectivity index (χ3n) is 2.33. The van der Waals surface area contributed by atoms with Crippen LogP contribution in [0.5, 0.6) is 0 Å². The first-order valence-corrected chi connectivity index (χ1v) is 4.75. The minimum absolute atomic E-state index is 0.270. The van der Waals surface area contributed by atoms with Gasteiger partial charge in [-0.2, -0.15) is 0 Å². The normalized spacial score (nSPS) is 12.4. The van der Waals surface area contributed by atoms with E-state index in [9.17, 15) is 4.39 Å². The summed E-state index contributed by atoms with van der Waals surface area (Å²) in [4.78, 5) is 0. The summed E-state index contributed by atoms with van der Waals surface area (Å²) in [7, 11) is 0. The summed E-state index contributed by atoms with van der Waals surface area (Å²) in [6.07, 6.45) is 0. The number of hydrogen-bond donors (Lipinski definition) is 1. The first-order valence-electron chi connectivity index (χ1n) is 4.75. The lowest BCUT2D eigenvalue weighted by Crippen LogP contribution is -2.13. The van der Waals surface area contributed by atoms with Crippen molar-refractivity contribution in [1.82, 2.24) is 0 Å². The molecule has 0 saturated carbocycles. The highest BCUT2D eigenvalue weighted by Crippen LogP contribution is 2.21. The van der Waals surface area contributed by atoms with E-state index in [1.165, 1.54) is 6.07 Å². The fraction of sp³-hybridized carbons (Fsp3) is 0.0769. The summed E-state index contributed by atoms with van der Waals surface area (Å²) in [6, 6.07) is 16.3. The summed E-state index contributed by atoms with van der Waals surface area (Å²) in [5.41, 5.74) is 7.33. The molecule has 0 aliphatic rings. The Hall–Kier alpha value is -1.67. The molecule has 2 heteroatoms. The number of hydrogen-bond acceptors (Lipinski definition) is 1. The number of rotatable bonds is 2. The predicted molar refractivity (Wildman–Crippen MR) is 57.7 cm³/mol. The van der Waals surface area contributed by atoms with Gasteiger partial charge in [0.1, 0.15) is 5.82 Å². The molecular formula is C13H11FN. The molecular weight excluding hydrogens is 189 g/mol. The Morgan fingerprint density at radius 1 is 1.13 bits per heavy atom. The number of nitrogens with two attached hydrogens (primary N) is 1. The van der Waals surface area contributed by atoms with Gasteiger partial charge in [-0.25, -0.2) is 4.39 Å². The molecule has 0 aliphatic heterocycles. The Kier molecular flexibility index (Phi) is 2.79. The summed E-state index contributed by atoms with van der Waals surface area (Å²) in [6.45, 7) is 0. The molecule has 2 aromatic carbocycles. The second-order valence-corrected chi connectivity index (χ2v) is 3.34. The average Bonchev–Trinajstić information content (AvgIpc) is 2.30. The third-order valence-corrected chi connectivity index (χ3v) is 2.33. The lowest BCUT2D eigenvalue weighted by Gasteiger charge is -2.12.